The minimum absolute atomic E-state index is 0.0294. The zero-order valence-corrected chi connectivity index (χ0v) is 27.3. The monoisotopic (exact) mass is 681 g/mol. The molecule has 4 heterocycles. The van der Waals surface area contributed by atoms with Crippen LogP contribution in [-0.2, 0) is 41.6 Å². The molecule has 2 atom stereocenters. The Kier molecular flexibility index (Phi) is 11.2. The Bertz CT molecular complexity index is 1430. The minimum Gasteiger partial charge on any atom is -0.431 e. The molecule has 3 aliphatic rings. The van der Waals surface area contributed by atoms with Crippen LogP contribution in [0.25, 0.3) is 0 Å². The number of β-lactam (4-membered cyclic amide) rings is 1. The lowest BCUT2D eigenvalue weighted by atomic mass is 9.98. The standard InChI is InChI=1S/C26H35N9O7S3/c1-33(2)8-9-34-25(30-31-32-34)45-12-15-11-43-22-19(29-18(36)10-16-13-44-24(27)28-16)21(37)35(22)20(15)23(38)40-14-41-26(39)42-17-6-4-3-5-7-17/h13,17,19,22H,3-12,14H2,1-2H3,(H2,27,28)(H,29,36)/t19-,22-/m1/s1. The Labute approximate surface area is 271 Å². The van der Waals surface area contributed by atoms with Gasteiger partial charge in [-0.3, -0.25) is 14.5 Å². The summed E-state index contributed by atoms with van der Waals surface area (Å²) in [6.07, 6.45) is 3.45. The van der Waals surface area contributed by atoms with E-state index in [1.807, 2.05) is 19.0 Å². The van der Waals surface area contributed by atoms with Gasteiger partial charge in [0, 0.05) is 23.4 Å². The van der Waals surface area contributed by atoms with Crippen LogP contribution in [0, 0.1) is 0 Å². The number of nitrogens with one attached hydrogen (secondary N) is 1. The number of aromatic nitrogens is 5. The summed E-state index contributed by atoms with van der Waals surface area (Å²) in [5, 5.41) is 16.7. The molecular formula is C26H35N9O7S3. The Morgan fingerprint density at radius 3 is 2.73 bits per heavy atom. The van der Waals surface area contributed by atoms with Crippen molar-refractivity contribution in [2.75, 3.05) is 44.7 Å². The number of anilines is 1. The number of nitrogen functional groups attached to an aromatic ring is 1. The molecule has 5 rings (SSSR count). The van der Waals surface area contributed by atoms with Crippen LogP contribution in [0.5, 0.6) is 0 Å². The molecule has 244 valence electrons. The van der Waals surface area contributed by atoms with Crippen LogP contribution in [0.1, 0.15) is 37.8 Å². The van der Waals surface area contributed by atoms with Crippen molar-refractivity contribution in [3.05, 3.63) is 22.3 Å². The second-order valence-corrected chi connectivity index (χ2v) is 13.8. The van der Waals surface area contributed by atoms with Crippen LogP contribution in [0.4, 0.5) is 9.93 Å². The van der Waals surface area contributed by atoms with E-state index in [0.29, 0.717) is 39.6 Å². The normalized spacial score (nSPS) is 20.1. The number of rotatable bonds is 13. The molecule has 19 heteroatoms. The fourth-order valence-electron chi connectivity index (χ4n) is 5.01. The first-order chi connectivity index (χ1) is 21.7. The third kappa shape index (κ3) is 8.44. The maximum atomic E-state index is 13.4. The van der Waals surface area contributed by atoms with Crippen LogP contribution in [-0.4, -0.2) is 115 Å². The van der Waals surface area contributed by atoms with Gasteiger partial charge in [0.15, 0.2) is 5.13 Å². The number of hydrogen-bond acceptors (Lipinski definition) is 16. The molecule has 0 unspecified atom stereocenters. The van der Waals surface area contributed by atoms with Crippen LogP contribution in [0.15, 0.2) is 21.8 Å². The number of tetrazole rings is 1. The van der Waals surface area contributed by atoms with Gasteiger partial charge in [0.05, 0.1) is 18.7 Å². The van der Waals surface area contributed by atoms with E-state index in [-0.39, 0.29) is 24.1 Å². The van der Waals surface area contributed by atoms with Gasteiger partial charge in [-0.2, -0.15) is 0 Å². The maximum absolute atomic E-state index is 13.4. The maximum Gasteiger partial charge on any atom is 0.511 e. The number of hydrogen-bond donors (Lipinski definition) is 2. The molecule has 2 amide bonds. The molecule has 1 saturated carbocycles. The van der Waals surface area contributed by atoms with Gasteiger partial charge in [-0.05, 0) is 55.8 Å². The van der Waals surface area contributed by atoms with Crippen LogP contribution < -0.4 is 11.1 Å². The molecule has 0 radical (unpaired) electrons. The minimum atomic E-state index is -0.911. The van der Waals surface area contributed by atoms with Gasteiger partial charge in [0.1, 0.15) is 23.2 Å². The summed E-state index contributed by atoms with van der Waals surface area (Å²) >= 11 is 3.97. The molecule has 2 aromatic rings. The van der Waals surface area contributed by atoms with E-state index >= 15 is 0 Å². The lowest BCUT2D eigenvalue weighted by molar-refractivity contribution is -0.158. The number of nitrogens with zero attached hydrogens (tertiary/aromatic N) is 7. The quantitative estimate of drug-likeness (QED) is 0.132. The van der Waals surface area contributed by atoms with Crippen molar-refractivity contribution in [3.8, 4) is 0 Å². The van der Waals surface area contributed by atoms with Gasteiger partial charge < -0.3 is 30.2 Å². The van der Waals surface area contributed by atoms with E-state index < -0.39 is 36.2 Å². The number of thiazole rings is 1. The molecule has 0 bridgehead atoms. The third-order valence-electron chi connectivity index (χ3n) is 7.28. The lowest BCUT2D eigenvalue weighted by Crippen LogP contribution is -2.70. The molecule has 2 aliphatic heterocycles. The van der Waals surface area contributed by atoms with Gasteiger partial charge in [-0.25, -0.2) is 19.3 Å². The molecule has 1 saturated heterocycles. The molecule has 0 spiro atoms. The van der Waals surface area contributed by atoms with Gasteiger partial charge in [0.2, 0.25) is 17.9 Å². The van der Waals surface area contributed by atoms with E-state index in [4.69, 9.17) is 19.9 Å². The second-order valence-electron chi connectivity index (χ2n) is 10.9. The highest BCUT2D eigenvalue weighted by Gasteiger charge is 2.54. The smallest absolute Gasteiger partial charge is 0.431 e. The molecule has 2 fully saturated rings. The largest absolute Gasteiger partial charge is 0.511 e. The summed E-state index contributed by atoms with van der Waals surface area (Å²) in [6, 6.07) is -0.837. The lowest BCUT2D eigenvalue weighted by Gasteiger charge is -2.49. The molecule has 45 heavy (non-hydrogen) atoms. The van der Waals surface area contributed by atoms with Crippen LogP contribution in [0.2, 0.25) is 0 Å². The number of fused-ring (bicyclic) bond motifs is 1. The number of likely N-dealkylation sites (N-methyl/N-ethyl adjacent to an activating group) is 1. The highest BCUT2D eigenvalue weighted by atomic mass is 32.2. The van der Waals surface area contributed by atoms with Crippen molar-refractivity contribution in [1.82, 2.24) is 40.3 Å². The summed E-state index contributed by atoms with van der Waals surface area (Å²) in [5.41, 5.74) is 6.83. The van der Waals surface area contributed by atoms with Gasteiger partial charge in [-0.1, -0.05) is 18.2 Å². The number of nitrogens with two attached hydrogens (primary N) is 1. The number of thioether (sulfide) groups is 2. The van der Waals surface area contributed by atoms with Gasteiger partial charge >= 0.3 is 12.1 Å². The van der Waals surface area contributed by atoms with Gasteiger partial charge in [0.25, 0.3) is 5.91 Å². The SMILES string of the molecule is CN(C)CCn1nnnc1SCC1=C(C(=O)OCOC(=O)OC2CCCCC2)N2C(=O)[C@@H](NC(=O)Cc3csc(N)n3)[C@H]2SC1. The fourth-order valence-corrected chi connectivity index (χ4v) is 7.97. The third-order valence-corrected chi connectivity index (χ3v) is 10.4. The Balaban J connectivity index is 1.25. The predicted octanol–water partition coefficient (Wildman–Crippen LogP) is 1.25. The highest BCUT2D eigenvalue weighted by molar-refractivity contribution is 8.01. The topological polar surface area (TPSA) is 197 Å². The van der Waals surface area contributed by atoms with Crippen molar-refractivity contribution >= 4 is 63.9 Å². The molecule has 0 aromatic carbocycles. The number of carbonyl (C=O) groups is 4. The zero-order chi connectivity index (χ0) is 31.9. The van der Waals surface area contributed by atoms with Crippen molar-refractivity contribution in [1.29, 1.82) is 0 Å². The van der Waals surface area contributed by atoms with E-state index in [2.05, 4.69) is 25.8 Å². The first-order valence-corrected chi connectivity index (χ1v) is 17.3. The summed E-state index contributed by atoms with van der Waals surface area (Å²) in [7, 11) is 3.90. The Morgan fingerprint density at radius 1 is 1.20 bits per heavy atom. The molecule has 3 N–H and O–H groups in total. The molecule has 2 aromatic heterocycles. The van der Waals surface area contributed by atoms with E-state index in [1.54, 1.807) is 10.1 Å². The highest BCUT2D eigenvalue weighted by Crippen LogP contribution is 2.42. The first-order valence-electron chi connectivity index (χ1n) is 14.4. The summed E-state index contributed by atoms with van der Waals surface area (Å²) in [6.45, 7) is 0.625. The number of esters is 1. The van der Waals surface area contributed by atoms with Crippen molar-refractivity contribution < 1.29 is 33.4 Å². The van der Waals surface area contributed by atoms with E-state index in [9.17, 15) is 19.2 Å². The predicted molar refractivity (Wildman–Crippen MR) is 165 cm³/mol. The number of amides is 2. The van der Waals surface area contributed by atoms with E-state index in [1.165, 1.54) is 39.8 Å². The first kappa shape index (κ1) is 33.0. The Morgan fingerprint density at radius 2 is 2.00 bits per heavy atom. The fraction of sp³-hybridized carbons (Fsp3) is 0.615. The molecule has 1 aliphatic carbocycles. The number of ether oxygens (including phenoxy) is 3. The summed E-state index contributed by atoms with van der Waals surface area (Å²) < 4.78 is 17.3. The number of carbonyl (C=O) groups excluding carboxylic acids is 4. The average Bonchev–Trinajstić information content (AvgIpc) is 3.65. The van der Waals surface area contributed by atoms with E-state index in [0.717, 1.165) is 38.6 Å². The van der Waals surface area contributed by atoms with Crippen molar-refractivity contribution in [3.63, 3.8) is 0 Å². The average molecular weight is 682 g/mol. The van der Waals surface area contributed by atoms with Crippen LogP contribution >= 0.6 is 34.9 Å². The van der Waals surface area contributed by atoms with Gasteiger partial charge in [-0.15, -0.1) is 28.2 Å². The van der Waals surface area contributed by atoms with Crippen molar-refractivity contribution in [2.24, 2.45) is 0 Å². The second kappa shape index (κ2) is 15.2. The summed E-state index contributed by atoms with van der Waals surface area (Å²) in [5.74, 6) is -0.998. The molecular weight excluding hydrogens is 647 g/mol. The Hall–Kier alpha value is -3.42. The molecule has 16 nitrogen and oxygen atoms in total. The zero-order valence-electron chi connectivity index (χ0n) is 24.9. The van der Waals surface area contributed by atoms with Crippen molar-refractivity contribution in [2.45, 2.75) is 67.7 Å². The van der Waals surface area contributed by atoms with Crippen LogP contribution in [0.3, 0.4) is 0 Å². The summed E-state index contributed by atoms with van der Waals surface area (Å²) in [4.78, 5) is 59.0.